The van der Waals surface area contributed by atoms with Crippen LogP contribution in [0.15, 0.2) is 6.33 Å². The van der Waals surface area contributed by atoms with E-state index in [0.717, 1.165) is 24.5 Å². The third-order valence-corrected chi connectivity index (χ3v) is 3.89. The lowest BCUT2D eigenvalue weighted by Gasteiger charge is -2.33. The van der Waals surface area contributed by atoms with Crippen molar-refractivity contribution < 1.29 is 0 Å². The van der Waals surface area contributed by atoms with Crippen molar-refractivity contribution in [2.45, 2.75) is 45.6 Å². The molecule has 1 aromatic rings. The molecule has 1 saturated heterocycles. The molecule has 1 fully saturated rings. The molecule has 4 N–H and O–H groups in total. The minimum atomic E-state index is 0.315. The van der Waals surface area contributed by atoms with Crippen molar-refractivity contribution in [3.05, 3.63) is 11.9 Å². The van der Waals surface area contributed by atoms with Crippen LogP contribution in [-0.4, -0.2) is 40.5 Å². The number of aromatic nitrogens is 2. The average Bonchev–Trinajstić information content (AvgIpc) is 2.46. The van der Waals surface area contributed by atoms with Gasteiger partial charge in [-0.25, -0.2) is 15.8 Å². The summed E-state index contributed by atoms with van der Waals surface area (Å²) in [6, 6.07) is 0.446. The Balaban J connectivity index is 2.16. The third kappa shape index (κ3) is 3.37. The first-order valence-corrected chi connectivity index (χ1v) is 7.46. The number of likely N-dealkylation sites (tertiary alicyclic amines) is 1. The first-order chi connectivity index (χ1) is 9.65. The molecule has 1 aliphatic rings. The van der Waals surface area contributed by atoms with E-state index in [4.69, 9.17) is 5.84 Å². The van der Waals surface area contributed by atoms with Gasteiger partial charge in [0.15, 0.2) is 0 Å². The van der Waals surface area contributed by atoms with Crippen LogP contribution in [0, 0.1) is 0 Å². The molecular formula is C14H26N6. The Bertz CT molecular complexity index is 434. The fourth-order valence-corrected chi connectivity index (χ4v) is 2.83. The zero-order valence-electron chi connectivity index (χ0n) is 12.7. The Morgan fingerprint density at radius 3 is 2.80 bits per heavy atom. The summed E-state index contributed by atoms with van der Waals surface area (Å²) in [5.41, 5.74) is 3.73. The Hall–Kier alpha value is -1.40. The highest BCUT2D eigenvalue weighted by molar-refractivity contribution is 5.58. The van der Waals surface area contributed by atoms with Crippen molar-refractivity contribution in [3.63, 3.8) is 0 Å². The topological polar surface area (TPSA) is 79.1 Å². The summed E-state index contributed by atoms with van der Waals surface area (Å²) in [6.07, 6.45) is 3.98. The fraction of sp³-hybridized carbons (Fsp3) is 0.714. The van der Waals surface area contributed by atoms with Gasteiger partial charge in [0, 0.05) is 18.2 Å². The van der Waals surface area contributed by atoms with Gasteiger partial charge in [0.25, 0.3) is 0 Å². The summed E-state index contributed by atoms with van der Waals surface area (Å²) >= 11 is 0. The van der Waals surface area contributed by atoms with Gasteiger partial charge in [-0.3, -0.25) is 0 Å². The number of nitrogens with two attached hydrogens (primary N) is 1. The van der Waals surface area contributed by atoms with Crippen molar-refractivity contribution >= 4 is 11.6 Å². The summed E-state index contributed by atoms with van der Waals surface area (Å²) in [4.78, 5) is 11.1. The molecule has 1 aliphatic heterocycles. The van der Waals surface area contributed by atoms with Gasteiger partial charge in [-0.15, -0.1) is 0 Å². The fourth-order valence-electron chi connectivity index (χ4n) is 2.83. The molecule has 2 rings (SSSR count). The maximum atomic E-state index is 5.56. The lowest BCUT2D eigenvalue weighted by Crippen LogP contribution is -2.42. The van der Waals surface area contributed by atoms with Crippen LogP contribution in [0.3, 0.4) is 0 Å². The molecule has 0 radical (unpaired) electrons. The number of rotatable bonds is 5. The molecule has 2 heterocycles. The van der Waals surface area contributed by atoms with Gasteiger partial charge in [-0.05, 0) is 31.8 Å². The first kappa shape index (κ1) is 15.0. The first-order valence-electron chi connectivity index (χ1n) is 7.46. The Labute approximate surface area is 121 Å². The van der Waals surface area contributed by atoms with Crippen molar-refractivity contribution in [1.82, 2.24) is 14.9 Å². The van der Waals surface area contributed by atoms with Gasteiger partial charge >= 0.3 is 0 Å². The summed E-state index contributed by atoms with van der Waals surface area (Å²) < 4.78 is 0. The third-order valence-electron chi connectivity index (χ3n) is 3.89. The van der Waals surface area contributed by atoms with Crippen molar-refractivity contribution in [1.29, 1.82) is 0 Å². The Morgan fingerprint density at radius 1 is 1.40 bits per heavy atom. The predicted octanol–water partition coefficient (Wildman–Crippen LogP) is 1.78. The molecule has 20 heavy (non-hydrogen) atoms. The number of piperidine rings is 1. The number of hydrazine groups is 1. The molecular weight excluding hydrogens is 252 g/mol. The van der Waals surface area contributed by atoms with Crippen LogP contribution in [0.2, 0.25) is 0 Å². The molecule has 6 heteroatoms. The van der Waals surface area contributed by atoms with E-state index in [1.807, 2.05) is 0 Å². The zero-order chi connectivity index (χ0) is 14.5. The Morgan fingerprint density at radius 2 is 2.15 bits per heavy atom. The quantitative estimate of drug-likeness (QED) is 0.563. The molecule has 0 aliphatic carbocycles. The highest BCUT2D eigenvalue weighted by Crippen LogP contribution is 2.28. The molecule has 0 amide bonds. The van der Waals surface area contributed by atoms with Crippen molar-refractivity contribution in [2.75, 3.05) is 30.4 Å². The number of anilines is 2. The maximum absolute atomic E-state index is 5.56. The van der Waals surface area contributed by atoms with Gasteiger partial charge in [-0.1, -0.05) is 20.8 Å². The molecule has 0 bridgehead atoms. The molecule has 1 unspecified atom stereocenters. The van der Waals surface area contributed by atoms with Crippen LogP contribution in [0.5, 0.6) is 0 Å². The average molecular weight is 278 g/mol. The van der Waals surface area contributed by atoms with E-state index in [1.54, 1.807) is 6.33 Å². The molecule has 0 saturated carbocycles. The molecule has 6 nitrogen and oxygen atoms in total. The van der Waals surface area contributed by atoms with Gasteiger partial charge in [-0.2, -0.15) is 0 Å². The van der Waals surface area contributed by atoms with Gasteiger partial charge in [0.2, 0.25) is 0 Å². The minimum Gasteiger partial charge on any atom is -0.366 e. The summed E-state index contributed by atoms with van der Waals surface area (Å²) in [5.74, 6) is 7.49. The molecule has 1 atom stereocenters. The standard InChI is InChI=1S/C14H26N6/c1-4-20-7-5-6-11(8-20)18-13-12(10(2)3)14(19-15)17-9-16-13/h9-11H,4-8,15H2,1-3H3,(H2,16,17,18,19). The van der Waals surface area contributed by atoms with Gasteiger partial charge in [0.1, 0.15) is 18.0 Å². The van der Waals surface area contributed by atoms with E-state index in [1.165, 1.54) is 19.4 Å². The van der Waals surface area contributed by atoms with E-state index < -0.39 is 0 Å². The lowest BCUT2D eigenvalue weighted by molar-refractivity contribution is 0.226. The van der Waals surface area contributed by atoms with Crippen LogP contribution in [0.25, 0.3) is 0 Å². The normalized spacial score (nSPS) is 20.1. The zero-order valence-corrected chi connectivity index (χ0v) is 12.7. The van der Waals surface area contributed by atoms with Gasteiger partial charge in [0.05, 0.1) is 0 Å². The lowest BCUT2D eigenvalue weighted by atomic mass is 10.0. The van der Waals surface area contributed by atoms with E-state index in [-0.39, 0.29) is 0 Å². The van der Waals surface area contributed by atoms with Gasteiger partial charge < -0.3 is 15.6 Å². The van der Waals surface area contributed by atoms with Crippen LogP contribution in [0.4, 0.5) is 11.6 Å². The van der Waals surface area contributed by atoms with E-state index >= 15 is 0 Å². The smallest absolute Gasteiger partial charge is 0.148 e. The summed E-state index contributed by atoms with van der Waals surface area (Å²) in [5, 5.41) is 3.58. The monoisotopic (exact) mass is 278 g/mol. The second-order valence-electron chi connectivity index (χ2n) is 5.66. The summed E-state index contributed by atoms with van der Waals surface area (Å²) in [6.45, 7) is 9.85. The van der Waals surface area contributed by atoms with Crippen LogP contribution < -0.4 is 16.6 Å². The van der Waals surface area contributed by atoms with Crippen molar-refractivity contribution in [3.8, 4) is 0 Å². The largest absolute Gasteiger partial charge is 0.366 e. The SMILES string of the molecule is CCN1CCCC(Nc2ncnc(NN)c2C(C)C)C1. The number of nitrogens with zero attached hydrogens (tertiary/aromatic N) is 3. The second-order valence-corrected chi connectivity index (χ2v) is 5.66. The second kappa shape index (κ2) is 6.85. The summed E-state index contributed by atoms with van der Waals surface area (Å²) in [7, 11) is 0. The number of nitrogens with one attached hydrogen (secondary N) is 2. The van der Waals surface area contributed by atoms with E-state index in [0.29, 0.717) is 17.8 Å². The van der Waals surface area contributed by atoms with Crippen LogP contribution in [-0.2, 0) is 0 Å². The van der Waals surface area contributed by atoms with Crippen LogP contribution in [0.1, 0.15) is 45.1 Å². The number of hydrogen-bond donors (Lipinski definition) is 3. The van der Waals surface area contributed by atoms with E-state index in [2.05, 4.69) is 46.4 Å². The minimum absolute atomic E-state index is 0.315. The maximum Gasteiger partial charge on any atom is 0.148 e. The molecule has 1 aromatic heterocycles. The molecule has 112 valence electrons. The molecule has 0 aromatic carbocycles. The number of nitrogen functional groups attached to an aromatic ring is 1. The highest BCUT2D eigenvalue weighted by atomic mass is 15.3. The van der Waals surface area contributed by atoms with Crippen LogP contribution >= 0.6 is 0 Å². The van der Waals surface area contributed by atoms with E-state index in [9.17, 15) is 0 Å². The number of hydrogen-bond acceptors (Lipinski definition) is 6. The highest BCUT2D eigenvalue weighted by Gasteiger charge is 2.21. The molecule has 0 spiro atoms. The predicted molar refractivity (Wildman–Crippen MR) is 82.7 cm³/mol. The van der Waals surface area contributed by atoms with Crippen molar-refractivity contribution in [2.24, 2.45) is 5.84 Å². The number of likely N-dealkylation sites (N-methyl/N-ethyl adjacent to an activating group) is 1. The Kier molecular flexibility index (Phi) is 5.14.